The van der Waals surface area contributed by atoms with Crippen LogP contribution >= 0.6 is 34.8 Å². The van der Waals surface area contributed by atoms with Crippen LogP contribution in [0.4, 0.5) is 24.9 Å². The van der Waals surface area contributed by atoms with Crippen molar-refractivity contribution in [3.05, 3.63) is 69.3 Å². The Labute approximate surface area is 214 Å². The number of alkyl halides is 3. The Hall–Kier alpha value is -2.68. The minimum atomic E-state index is -4.50. The highest BCUT2D eigenvalue weighted by atomic mass is 35.5. The standard InChI is InChI=1S/C24H19Cl3F3N5/c1-13-12-34(22-19(27)10-17(26)11-31-22)6-7-35(13)23-32-20-9-15(24(28,29)30)8-18(21(20)33-23)14-2-4-16(25)5-3-14/h2-5,8-11,13H,6-7,12H2,1H3,(H,32,33)/t13-/m1/s1. The number of hydrogen-bond acceptors (Lipinski definition) is 4. The lowest BCUT2D eigenvalue weighted by Gasteiger charge is -2.40. The summed E-state index contributed by atoms with van der Waals surface area (Å²) >= 11 is 18.3. The van der Waals surface area contributed by atoms with Crippen LogP contribution in [-0.2, 0) is 6.18 Å². The van der Waals surface area contributed by atoms with E-state index >= 15 is 0 Å². The summed E-state index contributed by atoms with van der Waals surface area (Å²) in [6, 6.07) is 10.5. The zero-order valence-corrected chi connectivity index (χ0v) is 20.6. The van der Waals surface area contributed by atoms with Gasteiger partial charge >= 0.3 is 6.18 Å². The molecule has 2 aromatic heterocycles. The third-order valence-electron chi connectivity index (χ3n) is 6.05. The highest BCUT2D eigenvalue weighted by Crippen LogP contribution is 2.38. The number of benzene rings is 2. The number of halogens is 6. The van der Waals surface area contributed by atoms with Gasteiger partial charge in [0.25, 0.3) is 0 Å². The molecule has 11 heteroatoms. The lowest BCUT2D eigenvalue weighted by molar-refractivity contribution is -0.137. The second kappa shape index (κ2) is 9.08. The zero-order chi connectivity index (χ0) is 24.9. The van der Waals surface area contributed by atoms with Crippen molar-refractivity contribution in [1.29, 1.82) is 0 Å². The van der Waals surface area contributed by atoms with Crippen LogP contribution in [0.2, 0.25) is 15.1 Å². The predicted molar refractivity (Wildman–Crippen MR) is 135 cm³/mol. The maximum atomic E-state index is 13.7. The molecule has 1 aliphatic rings. The number of aromatic nitrogens is 3. The number of piperazine rings is 1. The van der Waals surface area contributed by atoms with Crippen molar-refractivity contribution in [2.75, 3.05) is 29.4 Å². The van der Waals surface area contributed by atoms with E-state index in [1.54, 1.807) is 36.5 Å². The molecular weight excluding hydrogens is 522 g/mol. The van der Waals surface area contributed by atoms with Crippen molar-refractivity contribution in [1.82, 2.24) is 15.0 Å². The molecule has 1 fully saturated rings. The van der Waals surface area contributed by atoms with Crippen molar-refractivity contribution < 1.29 is 13.2 Å². The molecule has 4 aromatic rings. The minimum Gasteiger partial charge on any atom is -0.352 e. The molecular formula is C24H19Cl3F3N5. The molecule has 5 nitrogen and oxygen atoms in total. The number of H-pyrrole nitrogens is 1. The summed E-state index contributed by atoms with van der Waals surface area (Å²) in [7, 11) is 0. The van der Waals surface area contributed by atoms with Gasteiger partial charge in [-0.2, -0.15) is 13.2 Å². The molecule has 0 spiro atoms. The van der Waals surface area contributed by atoms with Gasteiger partial charge in [-0.15, -0.1) is 0 Å². The number of aromatic amines is 1. The second-order valence-corrected chi connectivity index (χ2v) is 9.71. The van der Waals surface area contributed by atoms with E-state index in [-0.39, 0.29) is 11.6 Å². The quantitative estimate of drug-likeness (QED) is 0.296. The van der Waals surface area contributed by atoms with Gasteiger partial charge in [0.1, 0.15) is 5.82 Å². The SMILES string of the molecule is C[C@@H]1CN(c2ncc(Cl)cc2Cl)CCN1c1nc2cc(C(F)(F)F)cc(-c3ccc(Cl)cc3)c2[nH]1. The van der Waals surface area contributed by atoms with E-state index in [0.29, 0.717) is 63.1 Å². The number of fused-ring (bicyclic) bond motifs is 1. The van der Waals surface area contributed by atoms with Gasteiger partial charge in [0.05, 0.1) is 26.6 Å². The van der Waals surface area contributed by atoms with Crippen LogP contribution in [0.3, 0.4) is 0 Å². The van der Waals surface area contributed by atoms with Crippen molar-refractivity contribution in [3.8, 4) is 11.1 Å². The monoisotopic (exact) mass is 539 g/mol. The van der Waals surface area contributed by atoms with E-state index in [1.165, 1.54) is 0 Å². The molecule has 1 aliphatic heterocycles. The van der Waals surface area contributed by atoms with Gasteiger partial charge in [0, 0.05) is 42.5 Å². The smallest absolute Gasteiger partial charge is 0.352 e. The van der Waals surface area contributed by atoms with Gasteiger partial charge in [-0.3, -0.25) is 0 Å². The van der Waals surface area contributed by atoms with Crippen molar-refractivity contribution in [2.45, 2.75) is 19.1 Å². The lowest BCUT2D eigenvalue weighted by atomic mass is 10.0. The summed E-state index contributed by atoms with van der Waals surface area (Å²) in [6.07, 6.45) is -2.95. The van der Waals surface area contributed by atoms with Crippen LogP contribution in [0.1, 0.15) is 12.5 Å². The molecule has 0 saturated carbocycles. The average molecular weight is 541 g/mol. The zero-order valence-electron chi connectivity index (χ0n) is 18.4. The van der Waals surface area contributed by atoms with Gasteiger partial charge < -0.3 is 14.8 Å². The average Bonchev–Trinajstić information content (AvgIpc) is 3.22. The Morgan fingerprint density at radius 3 is 2.40 bits per heavy atom. The number of nitrogens with one attached hydrogen (secondary N) is 1. The van der Waals surface area contributed by atoms with E-state index < -0.39 is 11.7 Å². The highest BCUT2D eigenvalue weighted by molar-refractivity contribution is 6.36. The summed E-state index contributed by atoms with van der Waals surface area (Å²) in [5, 5.41) is 1.43. The predicted octanol–water partition coefficient (Wildman–Crippen LogP) is 7.32. The van der Waals surface area contributed by atoms with Crippen molar-refractivity contribution in [2.24, 2.45) is 0 Å². The van der Waals surface area contributed by atoms with Crippen LogP contribution in [0.25, 0.3) is 22.2 Å². The number of pyridine rings is 1. The first-order valence-corrected chi connectivity index (χ1v) is 11.9. The van der Waals surface area contributed by atoms with Crippen LogP contribution in [0.15, 0.2) is 48.7 Å². The Morgan fingerprint density at radius 2 is 1.74 bits per heavy atom. The maximum absolute atomic E-state index is 13.7. The molecule has 0 unspecified atom stereocenters. The summed E-state index contributed by atoms with van der Waals surface area (Å²) < 4.78 is 41.0. The van der Waals surface area contributed by atoms with E-state index in [9.17, 15) is 13.2 Å². The van der Waals surface area contributed by atoms with E-state index in [2.05, 4.69) is 19.9 Å². The first-order chi connectivity index (χ1) is 16.6. The third-order valence-corrected chi connectivity index (χ3v) is 6.79. The fraction of sp³-hybridized carbons (Fsp3) is 0.250. The molecule has 0 amide bonds. The molecule has 0 aliphatic carbocycles. The van der Waals surface area contributed by atoms with Gasteiger partial charge in [-0.25, -0.2) is 9.97 Å². The first-order valence-electron chi connectivity index (χ1n) is 10.8. The highest BCUT2D eigenvalue weighted by Gasteiger charge is 2.33. The van der Waals surface area contributed by atoms with Crippen molar-refractivity contribution in [3.63, 3.8) is 0 Å². The first kappa shape index (κ1) is 24.0. The molecule has 1 N–H and O–H groups in total. The Bertz CT molecular complexity index is 1390. The minimum absolute atomic E-state index is 0.0149. The fourth-order valence-electron chi connectivity index (χ4n) is 4.36. The van der Waals surface area contributed by atoms with E-state index in [4.69, 9.17) is 34.8 Å². The molecule has 2 aromatic carbocycles. The Balaban J connectivity index is 1.50. The fourth-order valence-corrected chi connectivity index (χ4v) is 4.99. The molecule has 1 atom stereocenters. The van der Waals surface area contributed by atoms with E-state index in [0.717, 1.165) is 12.1 Å². The summed E-state index contributed by atoms with van der Waals surface area (Å²) in [4.78, 5) is 16.3. The van der Waals surface area contributed by atoms with Gasteiger partial charge in [0.2, 0.25) is 5.95 Å². The Kier molecular flexibility index (Phi) is 6.23. The summed E-state index contributed by atoms with van der Waals surface area (Å²) in [5.74, 6) is 1.16. The van der Waals surface area contributed by atoms with Gasteiger partial charge in [-0.1, -0.05) is 46.9 Å². The number of anilines is 2. The topological polar surface area (TPSA) is 48.1 Å². The molecule has 3 heterocycles. The molecule has 1 saturated heterocycles. The van der Waals surface area contributed by atoms with Crippen LogP contribution in [-0.4, -0.2) is 40.6 Å². The molecule has 182 valence electrons. The van der Waals surface area contributed by atoms with Crippen LogP contribution < -0.4 is 9.80 Å². The van der Waals surface area contributed by atoms with E-state index in [1.807, 2.05) is 11.8 Å². The Morgan fingerprint density at radius 1 is 1.00 bits per heavy atom. The van der Waals surface area contributed by atoms with Crippen LogP contribution in [0.5, 0.6) is 0 Å². The molecule has 35 heavy (non-hydrogen) atoms. The van der Waals surface area contributed by atoms with Gasteiger partial charge in [0.15, 0.2) is 0 Å². The maximum Gasteiger partial charge on any atom is 0.416 e. The number of nitrogens with zero attached hydrogens (tertiary/aromatic N) is 4. The van der Waals surface area contributed by atoms with Crippen molar-refractivity contribution >= 4 is 57.6 Å². The molecule has 0 bridgehead atoms. The number of rotatable bonds is 3. The summed E-state index contributed by atoms with van der Waals surface area (Å²) in [5.41, 5.74) is 1.05. The molecule has 5 rings (SSSR count). The number of imidazole rings is 1. The lowest BCUT2D eigenvalue weighted by Crippen LogP contribution is -2.52. The van der Waals surface area contributed by atoms with Crippen LogP contribution in [0, 0.1) is 0 Å². The van der Waals surface area contributed by atoms with Gasteiger partial charge in [-0.05, 0) is 42.8 Å². The normalized spacial score (nSPS) is 16.8. The number of hydrogen-bond donors (Lipinski definition) is 1. The second-order valence-electron chi connectivity index (χ2n) is 8.43. The molecule has 0 radical (unpaired) electrons. The summed E-state index contributed by atoms with van der Waals surface area (Å²) in [6.45, 7) is 3.80. The largest absolute Gasteiger partial charge is 0.416 e. The third kappa shape index (κ3) is 4.75.